The molecule has 0 N–H and O–H groups in total. The van der Waals surface area contributed by atoms with Crippen LogP contribution in [0.4, 0.5) is 0 Å². The number of rotatable bonds is 22. The molecule has 0 rings (SSSR count). The van der Waals surface area contributed by atoms with E-state index < -0.39 is 8.80 Å². The van der Waals surface area contributed by atoms with Crippen LogP contribution in [0.1, 0.15) is 137 Å². The predicted molar refractivity (Wildman–Crippen MR) is 134 cm³/mol. The second-order valence-electron chi connectivity index (χ2n) is 9.58. The van der Waals surface area contributed by atoms with Crippen molar-refractivity contribution in [2.75, 3.05) is 21.3 Å². The standard InChI is InChI=1S/C26H56O3Si/c1-8-10-11-12-13-14-15-16-17-18-19-20-21-22-24-26(23-9-2,25(3)4)30(27-5,28-6)29-7/h25H,8-24H2,1-7H3. The molecule has 0 radical (unpaired) electrons. The number of hydrogen-bond acceptors (Lipinski definition) is 3. The lowest BCUT2D eigenvalue weighted by Gasteiger charge is -2.47. The molecule has 182 valence electrons. The van der Waals surface area contributed by atoms with Gasteiger partial charge in [0.15, 0.2) is 0 Å². The molecule has 0 amide bonds. The molecule has 30 heavy (non-hydrogen) atoms. The van der Waals surface area contributed by atoms with E-state index in [1.165, 1.54) is 89.9 Å². The molecule has 0 fully saturated rings. The van der Waals surface area contributed by atoms with Crippen LogP contribution < -0.4 is 0 Å². The van der Waals surface area contributed by atoms with E-state index in [0.717, 1.165) is 19.3 Å². The van der Waals surface area contributed by atoms with Crippen LogP contribution in [-0.2, 0) is 13.3 Å². The largest absolute Gasteiger partial charge is 0.506 e. The van der Waals surface area contributed by atoms with E-state index in [-0.39, 0.29) is 5.04 Å². The Labute approximate surface area is 191 Å². The smallest absolute Gasteiger partial charge is 0.376 e. The Balaban J connectivity index is 4.13. The molecule has 0 saturated carbocycles. The summed E-state index contributed by atoms with van der Waals surface area (Å²) in [7, 11) is 2.64. The average Bonchev–Trinajstić information content (AvgIpc) is 2.75. The molecule has 4 heteroatoms. The zero-order valence-electron chi connectivity index (χ0n) is 21.8. The third-order valence-electron chi connectivity index (χ3n) is 7.19. The predicted octanol–water partition coefficient (Wildman–Crippen LogP) is 8.93. The Morgan fingerprint density at radius 3 is 1.20 bits per heavy atom. The third kappa shape index (κ3) is 10.1. The van der Waals surface area contributed by atoms with E-state index in [9.17, 15) is 0 Å². The quantitative estimate of drug-likeness (QED) is 0.123. The first-order valence-corrected chi connectivity index (χ1v) is 14.9. The van der Waals surface area contributed by atoms with Gasteiger partial charge in [0.2, 0.25) is 0 Å². The lowest BCUT2D eigenvalue weighted by atomic mass is 9.85. The summed E-state index contributed by atoms with van der Waals surface area (Å²) in [5.74, 6) is 0.492. The van der Waals surface area contributed by atoms with Crippen LogP contribution in [0.2, 0.25) is 5.04 Å². The number of hydrogen-bond donors (Lipinski definition) is 0. The molecule has 0 aromatic heterocycles. The summed E-state index contributed by atoms with van der Waals surface area (Å²) in [5.41, 5.74) is 0. The van der Waals surface area contributed by atoms with Crippen molar-refractivity contribution >= 4 is 8.80 Å². The van der Waals surface area contributed by atoms with Crippen molar-refractivity contribution in [1.82, 2.24) is 0 Å². The minimum absolute atomic E-state index is 0.0249. The molecule has 1 atom stereocenters. The second-order valence-corrected chi connectivity index (χ2v) is 12.9. The molecule has 0 aliphatic heterocycles. The van der Waals surface area contributed by atoms with Gasteiger partial charge < -0.3 is 13.3 Å². The van der Waals surface area contributed by atoms with E-state index in [4.69, 9.17) is 13.3 Å². The molecule has 3 nitrogen and oxygen atoms in total. The lowest BCUT2D eigenvalue weighted by Crippen LogP contribution is -2.56. The van der Waals surface area contributed by atoms with Crippen molar-refractivity contribution in [1.29, 1.82) is 0 Å². The number of unbranched alkanes of at least 4 members (excludes halogenated alkanes) is 13. The van der Waals surface area contributed by atoms with Crippen molar-refractivity contribution in [3.8, 4) is 0 Å². The fraction of sp³-hybridized carbons (Fsp3) is 1.00. The van der Waals surface area contributed by atoms with Gasteiger partial charge in [0.25, 0.3) is 0 Å². The van der Waals surface area contributed by atoms with Gasteiger partial charge in [0.05, 0.1) is 0 Å². The normalized spacial score (nSPS) is 14.4. The van der Waals surface area contributed by atoms with Gasteiger partial charge in [0, 0.05) is 26.4 Å². The van der Waals surface area contributed by atoms with E-state index in [0.29, 0.717) is 5.92 Å². The molecule has 1 unspecified atom stereocenters. The summed E-state index contributed by atoms with van der Waals surface area (Å²) < 4.78 is 17.9. The minimum atomic E-state index is -2.69. The van der Waals surface area contributed by atoms with Crippen LogP contribution in [0.25, 0.3) is 0 Å². The lowest BCUT2D eigenvalue weighted by molar-refractivity contribution is 0.0664. The van der Waals surface area contributed by atoms with Crippen LogP contribution in [0.5, 0.6) is 0 Å². The maximum Gasteiger partial charge on any atom is 0.506 e. The molecular formula is C26H56O3Si. The molecule has 0 aliphatic rings. The summed E-state index contributed by atoms with van der Waals surface area (Å²) in [6.07, 6.45) is 23.0. The summed E-state index contributed by atoms with van der Waals surface area (Å²) >= 11 is 0. The van der Waals surface area contributed by atoms with Crippen LogP contribution in [0, 0.1) is 5.92 Å². The Hall–Kier alpha value is 0.0969. The Morgan fingerprint density at radius 2 is 0.900 bits per heavy atom. The third-order valence-corrected chi connectivity index (χ3v) is 11.1. The minimum Gasteiger partial charge on any atom is -0.376 e. The van der Waals surface area contributed by atoms with Crippen molar-refractivity contribution in [3.05, 3.63) is 0 Å². The fourth-order valence-corrected chi connectivity index (χ4v) is 8.77. The molecule has 0 aromatic carbocycles. The van der Waals surface area contributed by atoms with Gasteiger partial charge in [-0.25, -0.2) is 0 Å². The first kappa shape index (κ1) is 30.1. The summed E-state index contributed by atoms with van der Waals surface area (Å²) in [5, 5.41) is 0.0249. The highest BCUT2D eigenvalue weighted by molar-refractivity contribution is 6.64. The molecule has 0 aromatic rings. The van der Waals surface area contributed by atoms with Crippen LogP contribution in [0.3, 0.4) is 0 Å². The summed E-state index contributed by atoms with van der Waals surface area (Å²) in [4.78, 5) is 0. The van der Waals surface area contributed by atoms with Gasteiger partial charge in [-0.05, 0) is 18.8 Å². The average molecular weight is 445 g/mol. The van der Waals surface area contributed by atoms with Gasteiger partial charge in [-0.15, -0.1) is 0 Å². The zero-order valence-corrected chi connectivity index (χ0v) is 22.8. The maximum absolute atomic E-state index is 5.98. The van der Waals surface area contributed by atoms with Gasteiger partial charge in [-0.2, -0.15) is 0 Å². The van der Waals surface area contributed by atoms with Crippen molar-refractivity contribution in [2.24, 2.45) is 5.92 Å². The van der Waals surface area contributed by atoms with E-state index in [1.807, 2.05) is 0 Å². The van der Waals surface area contributed by atoms with Gasteiger partial charge in [-0.3, -0.25) is 0 Å². The Bertz CT molecular complexity index is 363. The monoisotopic (exact) mass is 444 g/mol. The van der Waals surface area contributed by atoms with Gasteiger partial charge >= 0.3 is 8.80 Å². The van der Waals surface area contributed by atoms with Crippen molar-refractivity contribution in [3.63, 3.8) is 0 Å². The molecular weight excluding hydrogens is 388 g/mol. The highest BCUT2D eigenvalue weighted by Gasteiger charge is 2.60. The maximum atomic E-state index is 5.98. The van der Waals surface area contributed by atoms with Gasteiger partial charge in [0.1, 0.15) is 0 Å². The highest BCUT2D eigenvalue weighted by Crippen LogP contribution is 2.54. The SMILES string of the molecule is CCCCCCCCCCCCCCCCC(CCC)(C(C)C)[Si](OC)(OC)OC. The Morgan fingerprint density at radius 1 is 0.533 bits per heavy atom. The fourth-order valence-electron chi connectivity index (χ4n) is 5.30. The first-order valence-electron chi connectivity index (χ1n) is 13.2. The zero-order chi connectivity index (χ0) is 22.7. The Kier molecular flexibility index (Phi) is 18.7. The highest BCUT2D eigenvalue weighted by atomic mass is 28.4. The van der Waals surface area contributed by atoms with E-state index in [2.05, 4.69) is 27.7 Å². The summed E-state index contributed by atoms with van der Waals surface area (Å²) in [6.45, 7) is 9.19. The van der Waals surface area contributed by atoms with Gasteiger partial charge in [-0.1, -0.05) is 124 Å². The van der Waals surface area contributed by atoms with Crippen molar-refractivity contribution in [2.45, 2.75) is 142 Å². The van der Waals surface area contributed by atoms with Crippen LogP contribution in [0.15, 0.2) is 0 Å². The summed E-state index contributed by atoms with van der Waals surface area (Å²) in [6, 6.07) is 0. The van der Waals surface area contributed by atoms with E-state index >= 15 is 0 Å². The second kappa shape index (κ2) is 18.6. The molecule has 0 saturated heterocycles. The van der Waals surface area contributed by atoms with Crippen molar-refractivity contribution < 1.29 is 13.3 Å². The van der Waals surface area contributed by atoms with Crippen LogP contribution >= 0.6 is 0 Å². The van der Waals surface area contributed by atoms with Crippen LogP contribution in [-0.4, -0.2) is 30.1 Å². The topological polar surface area (TPSA) is 27.7 Å². The molecule has 0 heterocycles. The first-order chi connectivity index (χ1) is 14.5. The molecule has 0 bridgehead atoms. The van der Waals surface area contributed by atoms with E-state index in [1.54, 1.807) is 21.3 Å². The molecule has 0 spiro atoms. The molecule has 0 aliphatic carbocycles.